The normalized spacial score (nSPS) is 17.2. The lowest BCUT2D eigenvalue weighted by molar-refractivity contribution is 0.329. The quantitative estimate of drug-likeness (QED) is 0.525. The van der Waals surface area contributed by atoms with Gasteiger partial charge in [-0.05, 0) is 78.9 Å². The Hall–Kier alpha value is -2.69. The van der Waals surface area contributed by atoms with Crippen LogP contribution in [0, 0.1) is 11.7 Å². The lowest BCUT2D eigenvalue weighted by Crippen LogP contribution is -2.31. The van der Waals surface area contributed by atoms with E-state index >= 15 is 0 Å². The van der Waals surface area contributed by atoms with Gasteiger partial charge in [0.1, 0.15) is 11.6 Å². The maximum absolute atomic E-state index is 14.5. The third kappa shape index (κ3) is 5.18. The van der Waals surface area contributed by atoms with Crippen LogP contribution in [0.4, 0.5) is 4.39 Å². The minimum Gasteiger partial charge on any atom is -0.309 e. The molecule has 1 unspecified atom stereocenters. The first-order valence-electron chi connectivity index (χ1n) is 11.4. The molecule has 4 rings (SSSR count). The summed E-state index contributed by atoms with van der Waals surface area (Å²) in [5.74, 6) is 0.461. The van der Waals surface area contributed by atoms with Crippen molar-refractivity contribution >= 4 is 10.0 Å². The fraction of sp³-hybridized carbons (Fsp3) is 0.458. The fourth-order valence-corrected chi connectivity index (χ4v) is 5.97. The Morgan fingerprint density at radius 1 is 1.24 bits per heavy atom. The van der Waals surface area contributed by atoms with E-state index in [1.54, 1.807) is 12.4 Å². The molecule has 0 amide bonds. The number of nitrogens with one attached hydrogen (secondary N) is 1. The minimum absolute atomic E-state index is 0.0654. The Bertz CT molecular complexity index is 1240. The van der Waals surface area contributed by atoms with Gasteiger partial charge in [0.25, 0.3) is 15.2 Å². The number of benzene rings is 1. The van der Waals surface area contributed by atoms with Crippen molar-refractivity contribution in [2.45, 2.75) is 37.8 Å². The van der Waals surface area contributed by atoms with E-state index in [0.717, 1.165) is 35.2 Å². The summed E-state index contributed by atoms with van der Waals surface area (Å²) in [5.41, 5.74) is 3.30. The molecular formula is C24H31FN6O2S. The lowest BCUT2D eigenvalue weighted by Gasteiger charge is -2.17. The molecule has 34 heavy (non-hydrogen) atoms. The summed E-state index contributed by atoms with van der Waals surface area (Å²) in [4.78, 5) is 10.5. The summed E-state index contributed by atoms with van der Waals surface area (Å²) in [5, 5.41) is 6.64. The van der Waals surface area contributed by atoms with Gasteiger partial charge in [-0.25, -0.2) is 17.8 Å². The molecule has 8 nitrogen and oxygen atoms in total. The predicted octanol–water partition coefficient (Wildman–Crippen LogP) is 3.29. The number of pyridine rings is 1. The number of hydrogen-bond donors (Lipinski definition) is 1. The van der Waals surface area contributed by atoms with Crippen LogP contribution < -0.4 is 0 Å². The van der Waals surface area contributed by atoms with Gasteiger partial charge in [0.2, 0.25) is 0 Å². The summed E-state index contributed by atoms with van der Waals surface area (Å²) < 4.78 is 42.3. The van der Waals surface area contributed by atoms with Crippen molar-refractivity contribution in [3.8, 4) is 11.1 Å². The van der Waals surface area contributed by atoms with Crippen molar-refractivity contribution in [1.82, 2.24) is 29.4 Å². The Kier molecular flexibility index (Phi) is 7.11. The van der Waals surface area contributed by atoms with Crippen LogP contribution >= 0.6 is 0 Å². The summed E-state index contributed by atoms with van der Waals surface area (Å²) in [6, 6.07) is 6.69. The average molecular weight is 487 g/mol. The number of hydrogen-bond acceptors (Lipinski definition) is 6. The molecule has 0 bridgehead atoms. The highest BCUT2D eigenvalue weighted by atomic mass is 32.2. The van der Waals surface area contributed by atoms with Crippen LogP contribution in [0.2, 0.25) is 0 Å². The van der Waals surface area contributed by atoms with Gasteiger partial charge in [-0.2, -0.15) is 4.31 Å². The van der Waals surface area contributed by atoms with E-state index in [1.807, 2.05) is 40.1 Å². The molecule has 0 aliphatic carbocycles. The number of H-pyrrole nitrogens is 1. The molecular weight excluding hydrogens is 455 g/mol. The van der Waals surface area contributed by atoms with E-state index in [0.29, 0.717) is 31.3 Å². The summed E-state index contributed by atoms with van der Waals surface area (Å²) in [6.45, 7) is 5.77. The van der Waals surface area contributed by atoms with E-state index < -0.39 is 10.0 Å². The molecule has 2 aromatic heterocycles. The molecule has 1 aromatic carbocycles. The first-order chi connectivity index (χ1) is 16.1. The Labute approximate surface area is 200 Å². The second-order valence-electron chi connectivity index (χ2n) is 9.43. The van der Waals surface area contributed by atoms with E-state index in [9.17, 15) is 12.8 Å². The Morgan fingerprint density at radius 3 is 2.65 bits per heavy atom. The first kappa shape index (κ1) is 24.4. The SMILES string of the molecule is CC(C)c1cc(F)cc(-c2ccncc2)c1Cc1nc(S(=O)(=O)N2CCC(CN(C)C)C2)n[nH]1. The highest BCUT2D eigenvalue weighted by Gasteiger charge is 2.35. The van der Waals surface area contributed by atoms with E-state index in [1.165, 1.54) is 16.4 Å². The van der Waals surface area contributed by atoms with Gasteiger partial charge >= 0.3 is 0 Å². The summed E-state index contributed by atoms with van der Waals surface area (Å²) >= 11 is 0. The lowest BCUT2D eigenvalue weighted by atomic mass is 9.88. The Morgan fingerprint density at radius 2 is 1.97 bits per heavy atom. The van der Waals surface area contributed by atoms with Gasteiger partial charge in [0.05, 0.1) is 0 Å². The van der Waals surface area contributed by atoms with Gasteiger partial charge in [-0.15, -0.1) is 5.10 Å². The van der Waals surface area contributed by atoms with E-state index in [-0.39, 0.29) is 16.9 Å². The van der Waals surface area contributed by atoms with Crippen LogP contribution in [0.15, 0.2) is 41.8 Å². The molecule has 0 saturated carbocycles. The van der Waals surface area contributed by atoms with Crippen molar-refractivity contribution in [1.29, 1.82) is 0 Å². The van der Waals surface area contributed by atoms with Gasteiger partial charge in [0, 0.05) is 38.4 Å². The minimum atomic E-state index is -3.78. The highest BCUT2D eigenvalue weighted by molar-refractivity contribution is 7.89. The van der Waals surface area contributed by atoms with E-state index in [4.69, 9.17) is 0 Å². The maximum Gasteiger partial charge on any atom is 0.282 e. The number of nitrogens with zero attached hydrogens (tertiary/aromatic N) is 5. The second kappa shape index (κ2) is 9.89. The van der Waals surface area contributed by atoms with Crippen LogP contribution in [-0.2, 0) is 16.4 Å². The largest absolute Gasteiger partial charge is 0.309 e. The predicted molar refractivity (Wildman–Crippen MR) is 128 cm³/mol. The number of aromatic amines is 1. The number of aromatic nitrogens is 4. The number of halogens is 1. The van der Waals surface area contributed by atoms with Gasteiger partial charge < -0.3 is 4.90 Å². The summed E-state index contributed by atoms with van der Waals surface area (Å²) in [6.07, 6.45) is 4.45. The standard InChI is InChI=1S/C24H31FN6O2S/c1-16(2)20-11-19(25)12-21(18-5-8-26-9-6-18)22(20)13-23-27-24(29-28-23)34(32,33)31-10-7-17(15-31)14-30(3)4/h5-6,8-9,11-12,16-17H,7,10,13-15H2,1-4H3,(H,27,28,29). The first-order valence-corrected chi connectivity index (χ1v) is 12.9. The van der Waals surface area contributed by atoms with Gasteiger partial charge in [0.15, 0.2) is 0 Å². The molecule has 1 N–H and O–H groups in total. The molecule has 0 radical (unpaired) electrons. The fourth-order valence-electron chi connectivity index (χ4n) is 4.60. The molecule has 3 heterocycles. The van der Waals surface area contributed by atoms with E-state index in [2.05, 4.69) is 25.1 Å². The molecule has 1 saturated heterocycles. The second-order valence-corrected chi connectivity index (χ2v) is 11.3. The maximum atomic E-state index is 14.5. The van der Waals surface area contributed by atoms with Crippen LogP contribution in [0.3, 0.4) is 0 Å². The van der Waals surface area contributed by atoms with Crippen LogP contribution in [0.1, 0.15) is 43.1 Å². The van der Waals surface area contributed by atoms with Crippen molar-refractivity contribution < 1.29 is 12.8 Å². The van der Waals surface area contributed by atoms with Crippen molar-refractivity contribution in [3.63, 3.8) is 0 Å². The third-order valence-electron chi connectivity index (χ3n) is 6.16. The smallest absolute Gasteiger partial charge is 0.282 e. The van der Waals surface area contributed by atoms with Gasteiger partial charge in [-0.1, -0.05) is 13.8 Å². The van der Waals surface area contributed by atoms with Crippen LogP contribution in [0.5, 0.6) is 0 Å². The summed E-state index contributed by atoms with van der Waals surface area (Å²) in [7, 11) is 0.191. The zero-order chi connectivity index (χ0) is 24.5. The molecule has 1 fully saturated rings. The topological polar surface area (TPSA) is 95.1 Å². The number of sulfonamides is 1. The van der Waals surface area contributed by atoms with Crippen LogP contribution in [0.25, 0.3) is 11.1 Å². The Balaban J connectivity index is 1.64. The monoisotopic (exact) mass is 486 g/mol. The zero-order valence-corrected chi connectivity index (χ0v) is 20.8. The van der Waals surface area contributed by atoms with Crippen molar-refractivity contribution in [2.24, 2.45) is 5.92 Å². The van der Waals surface area contributed by atoms with Crippen molar-refractivity contribution in [3.05, 3.63) is 59.4 Å². The molecule has 182 valence electrons. The third-order valence-corrected chi connectivity index (χ3v) is 7.82. The molecule has 1 atom stereocenters. The van der Waals surface area contributed by atoms with Crippen molar-refractivity contribution in [2.75, 3.05) is 33.7 Å². The molecule has 3 aromatic rings. The number of rotatable bonds is 8. The zero-order valence-electron chi connectivity index (χ0n) is 20.0. The molecule has 1 aliphatic rings. The molecule has 10 heteroatoms. The van der Waals surface area contributed by atoms with Gasteiger partial charge in [-0.3, -0.25) is 10.1 Å². The average Bonchev–Trinajstić information content (AvgIpc) is 3.45. The molecule has 0 spiro atoms. The highest BCUT2D eigenvalue weighted by Crippen LogP contribution is 2.33. The van der Waals surface area contributed by atoms with Crippen LogP contribution in [-0.4, -0.2) is 71.5 Å². The molecule has 1 aliphatic heterocycles.